The Morgan fingerprint density at radius 2 is 1.56 bits per heavy atom. The van der Waals surface area contributed by atoms with Gasteiger partial charge in [-0.1, -0.05) is 30.3 Å². The van der Waals surface area contributed by atoms with Crippen molar-refractivity contribution in [1.82, 2.24) is 0 Å². The fraction of sp³-hybridized carbons (Fsp3) is 0.103. The SMILES string of the molecule is COC(=O)CC(c1ccc(-c2ccccc2)o1)c1c(O)cc(O)c2c(=O)c(O)c(-c3ccc(O)c(O)c3)oc12. The number of hydrogen-bond donors (Lipinski definition) is 5. The predicted octanol–water partition coefficient (Wildman–Crippen LogP) is 4.94. The number of carbonyl (C=O) groups excluding carboxylic acids is 1. The van der Waals surface area contributed by atoms with Crippen molar-refractivity contribution in [1.29, 1.82) is 0 Å². The van der Waals surface area contributed by atoms with Gasteiger partial charge in [-0.15, -0.1) is 0 Å². The molecule has 0 aliphatic heterocycles. The maximum atomic E-state index is 13.2. The van der Waals surface area contributed by atoms with E-state index >= 15 is 0 Å². The summed E-state index contributed by atoms with van der Waals surface area (Å²) in [7, 11) is 1.19. The first-order chi connectivity index (χ1) is 18.7. The molecule has 1 atom stereocenters. The van der Waals surface area contributed by atoms with Crippen molar-refractivity contribution >= 4 is 16.9 Å². The van der Waals surface area contributed by atoms with Crippen LogP contribution in [0.15, 0.2) is 80.4 Å². The second-order valence-corrected chi connectivity index (χ2v) is 8.75. The maximum Gasteiger partial charge on any atom is 0.306 e. The number of rotatable bonds is 6. The molecule has 5 aromatic rings. The van der Waals surface area contributed by atoms with Gasteiger partial charge in [0.15, 0.2) is 17.3 Å². The maximum absolute atomic E-state index is 13.2. The van der Waals surface area contributed by atoms with Crippen molar-refractivity contribution in [2.24, 2.45) is 0 Å². The lowest BCUT2D eigenvalue weighted by molar-refractivity contribution is -0.140. The van der Waals surface area contributed by atoms with Crippen LogP contribution in [0.1, 0.15) is 23.7 Å². The van der Waals surface area contributed by atoms with E-state index in [1.165, 1.54) is 13.2 Å². The smallest absolute Gasteiger partial charge is 0.306 e. The Morgan fingerprint density at radius 1 is 0.821 bits per heavy atom. The summed E-state index contributed by atoms with van der Waals surface area (Å²) in [5.41, 5.74) is -0.664. The highest BCUT2D eigenvalue weighted by atomic mass is 16.5. The molecule has 10 nitrogen and oxygen atoms in total. The molecule has 0 aliphatic carbocycles. The van der Waals surface area contributed by atoms with Crippen molar-refractivity contribution in [3.8, 4) is 51.4 Å². The van der Waals surface area contributed by atoms with Crippen LogP contribution in [0.3, 0.4) is 0 Å². The number of phenols is 4. The molecule has 1 unspecified atom stereocenters. The lowest BCUT2D eigenvalue weighted by Crippen LogP contribution is -2.12. The van der Waals surface area contributed by atoms with E-state index in [4.69, 9.17) is 13.6 Å². The van der Waals surface area contributed by atoms with Crippen LogP contribution in [-0.2, 0) is 9.53 Å². The Bertz CT molecular complexity index is 1770. The van der Waals surface area contributed by atoms with Gasteiger partial charge in [-0.2, -0.15) is 0 Å². The molecule has 0 fully saturated rings. The van der Waals surface area contributed by atoms with Crippen molar-refractivity contribution in [3.63, 3.8) is 0 Å². The van der Waals surface area contributed by atoms with Gasteiger partial charge in [0.25, 0.3) is 0 Å². The molecular weight excluding hydrogens is 508 g/mol. The monoisotopic (exact) mass is 530 g/mol. The summed E-state index contributed by atoms with van der Waals surface area (Å²) in [6.07, 6.45) is -0.342. The molecule has 0 radical (unpaired) electrons. The first-order valence-corrected chi connectivity index (χ1v) is 11.7. The molecule has 5 N–H and O–H groups in total. The second-order valence-electron chi connectivity index (χ2n) is 8.75. The number of ether oxygens (including phenoxy) is 1. The summed E-state index contributed by atoms with van der Waals surface area (Å²) in [6.45, 7) is 0. The van der Waals surface area contributed by atoms with Gasteiger partial charge >= 0.3 is 5.97 Å². The van der Waals surface area contributed by atoms with Gasteiger partial charge in [-0.3, -0.25) is 9.59 Å². The topological polar surface area (TPSA) is 171 Å². The van der Waals surface area contributed by atoms with Crippen LogP contribution in [-0.4, -0.2) is 38.6 Å². The summed E-state index contributed by atoms with van der Waals surface area (Å²) < 4.78 is 16.8. The van der Waals surface area contributed by atoms with Crippen molar-refractivity contribution < 1.29 is 43.9 Å². The van der Waals surface area contributed by atoms with E-state index in [0.717, 1.165) is 23.8 Å². The van der Waals surface area contributed by atoms with Gasteiger partial charge < -0.3 is 39.1 Å². The van der Waals surface area contributed by atoms with Crippen LogP contribution in [0.5, 0.6) is 28.7 Å². The van der Waals surface area contributed by atoms with Crippen LogP contribution >= 0.6 is 0 Å². The zero-order valence-corrected chi connectivity index (χ0v) is 20.4. The van der Waals surface area contributed by atoms with E-state index in [1.807, 2.05) is 30.3 Å². The lowest BCUT2D eigenvalue weighted by Gasteiger charge is -2.18. The van der Waals surface area contributed by atoms with Crippen LogP contribution in [0.4, 0.5) is 0 Å². The Labute approximate surface area is 220 Å². The number of phenolic OH excluding ortho intramolecular Hbond substituents is 4. The first kappa shape index (κ1) is 25.3. The van der Waals surface area contributed by atoms with Gasteiger partial charge in [0.05, 0.1) is 19.4 Å². The van der Waals surface area contributed by atoms with Gasteiger partial charge in [0.2, 0.25) is 11.2 Å². The number of methoxy groups -OCH3 is 1. The fourth-order valence-electron chi connectivity index (χ4n) is 4.43. The molecule has 198 valence electrons. The number of fused-ring (bicyclic) bond motifs is 1. The zero-order valence-electron chi connectivity index (χ0n) is 20.4. The van der Waals surface area contributed by atoms with Gasteiger partial charge in [-0.25, -0.2) is 0 Å². The third-order valence-electron chi connectivity index (χ3n) is 6.35. The number of hydrogen-bond acceptors (Lipinski definition) is 10. The second kappa shape index (κ2) is 9.82. The largest absolute Gasteiger partial charge is 0.507 e. The van der Waals surface area contributed by atoms with E-state index in [0.29, 0.717) is 5.76 Å². The van der Waals surface area contributed by atoms with E-state index in [1.54, 1.807) is 12.1 Å². The minimum Gasteiger partial charge on any atom is -0.507 e. The molecule has 10 heteroatoms. The van der Waals surface area contributed by atoms with Gasteiger partial charge in [-0.05, 0) is 30.3 Å². The molecule has 0 amide bonds. The van der Waals surface area contributed by atoms with Crippen molar-refractivity contribution in [3.05, 3.63) is 88.3 Å². The highest BCUT2D eigenvalue weighted by Crippen LogP contribution is 2.45. The summed E-state index contributed by atoms with van der Waals surface area (Å²) in [5, 5.41) is 51.3. The van der Waals surface area contributed by atoms with Crippen LogP contribution in [0.2, 0.25) is 0 Å². The minimum atomic E-state index is -1.05. The predicted molar refractivity (Wildman–Crippen MR) is 139 cm³/mol. The number of aromatic hydroxyl groups is 5. The summed E-state index contributed by atoms with van der Waals surface area (Å²) >= 11 is 0. The molecule has 39 heavy (non-hydrogen) atoms. The van der Waals surface area contributed by atoms with E-state index in [-0.39, 0.29) is 28.9 Å². The molecule has 2 aromatic heterocycles. The number of furan rings is 1. The molecule has 2 heterocycles. The quantitative estimate of drug-likeness (QED) is 0.150. The molecule has 0 bridgehead atoms. The van der Waals surface area contributed by atoms with Crippen LogP contribution in [0.25, 0.3) is 33.6 Å². The average molecular weight is 530 g/mol. The molecule has 0 saturated carbocycles. The average Bonchev–Trinajstić information content (AvgIpc) is 3.42. The van der Waals surface area contributed by atoms with Crippen molar-refractivity contribution in [2.75, 3.05) is 7.11 Å². The fourth-order valence-corrected chi connectivity index (χ4v) is 4.43. The number of esters is 1. The zero-order chi connectivity index (χ0) is 27.8. The first-order valence-electron chi connectivity index (χ1n) is 11.7. The Balaban J connectivity index is 1.78. The number of carbonyl (C=O) groups is 1. The summed E-state index contributed by atoms with van der Waals surface area (Å²) in [5.74, 6) is -4.47. The van der Waals surface area contributed by atoms with E-state index in [9.17, 15) is 35.1 Å². The normalized spacial score (nSPS) is 11.9. The molecule has 0 saturated heterocycles. The Hall–Kier alpha value is -5.38. The molecule has 3 aromatic carbocycles. The Morgan fingerprint density at radius 3 is 2.26 bits per heavy atom. The third kappa shape index (κ3) is 4.48. The lowest BCUT2D eigenvalue weighted by atomic mass is 9.90. The van der Waals surface area contributed by atoms with Crippen LogP contribution in [0, 0.1) is 0 Å². The minimum absolute atomic E-state index is 0.0180. The van der Waals surface area contributed by atoms with Crippen LogP contribution < -0.4 is 5.43 Å². The van der Waals surface area contributed by atoms with Gasteiger partial charge in [0, 0.05) is 22.8 Å². The van der Waals surface area contributed by atoms with Gasteiger partial charge in [0.1, 0.15) is 34.0 Å². The van der Waals surface area contributed by atoms with E-state index < -0.39 is 57.2 Å². The van der Waals surface area contributed by atoms with E-state index in [2.05, 4.69) is 0 Å². The Kier molecular flexibility index (Phi) is 6.37. The standard InChI is InChI=1S/C29H22O10/c1-37-23(34)12-16(22-10-9-21(38-22)14-5-3-2-4-6-14)24-19(32)13-20(33)25-26(35)27(36)28(39-29(24)25)15-7-8-17(30)18(31)11-15/h2-11,13,16,30-33,36H,12H2,1H3. The third-order valence-corrected chi connectivity index (χ3v) is 6.35. The molecule has 0 spiro atoms. The highest BCUT2D eigenvalue weighted by Gasteiger charge is 2.31. The highest BCUT2D eigenvalue weighted by molar-refractivity contribution is 5.92. The molecule has 5 rings (SSSR count). The summed E-state index contributed by atoms with van der Waals surface area (Å²) in [6, 6.07) is 16.8. The summed E-state index contributed by atoms with van der Waals surface area (Å²) in [4.78, 5) is 25.7. The van der Waals surface area contributed by atoms with Crippen molar-refractivity contribution in [2.45, 2.75) is 12.3 Å². The number of benzene rings is 3. The molecule has 0 aliphatic rings. The molecular formula is C29H22O10.